The number of hydrogen-bond acceptors (Lipinski definition) is 2. The Morgan fingerprint density at radius 1 is 1.47 bits per heavy atom. The van der Waals surface area contributed by atoms with Gasteiger partial charge in [-0.2, -0.15) is 0 Å². The third kappa shape index (κ3) is 3.65. The minimum atomic E-state index is -0.398. The lowest BCUT2D eigenvalue weighted by Gasteiger charge is -2.34. The second-order valence-electron chi connectivity index (χ2n) is 4.61. The van der Waals surface area contributed by atoms with Crippen molar-refractivity contribution < 1.29 is 9.53 Å². The lowest BCUT2D eigenvalue weighted by Crippen LogP contribution is -2.44. The molecular formula is C15H16ClNO2. The molecule has 100 valence electrons. The fraction of sp³-hybridized carbons (Fsp3) is 0.400. The molecule has 1 fully saturated rings. The lowest BCUT2D eigenvalue weighted by atomic mass is 9.94. The summed E-state index contributed by atoms with van der Waals surface area (Å²) in [6, 6.07) is 8.99. The summed E-state index contributed by atoms with van der Waals surface area (Å²) in [5, 5.41) is 0. The van der Waals surface area contributed by atoms with E-state index >= 15 is 0 Å². The van der Waals surface area contributed by atoms with Crippen molar-refractivity contribution in [3.05, 3.63) is 30.3 Å². The summed E-state index contributed by atoms with van der Waals surface area (Å²) in [6.45, 7) is 0.589. The lowest BCUT2D eigenvalue weighted by molar-refractivity contribution is 0.121. The SMILES string of the molecule is C#CCC1CCN(C(=O)Oc2ccccc2)C(Cl)C1. The first-order chi connectivity index (χ1) is 9.20. The van der Waals surface area contributed by atoms with E-state index in [1.165, 1.54) is 0 Å². The number of hydrogen-bond donors (Lipinski definition) is 0. The van der Waals surface area contributed by atoms with Crippen LogP contribution in [0, 0.1) is 18.3 Å². The predicted octanol–water partition coefficient (Wildman–Crippen LogP) is 3.49. The third-order valence-corrected chi connectivity index (χ3v) is 3.65. The molecule has 19 heavy (non-hydrogen) atoms. The highest BCUT2D eigenvalue weighted by Gasteiger charge is 2.31. The van der Waals surface area contributed by atoms with E-state index in [0.717, 1.165) is 12.8 Å². The van der Waals surface area contributed by atoms with E-state index in [4.69, 9.17) is 22.8 Å². The van der Waals surface area contributed by atoms with Crippen molar-refractivity contribution in [1.82, 2.24) is 4.90 Å². The minimum absolute atomic E-state index is 0.344. The van der Waals surface area contributed by atoms with Crippen molar-refractivity contribution in [1.29, 1.82) is 0 Å². The molecule has 0 aromatic heterocycles. The number of carbonyl (C=O) groups excluding carboxylic acids is 1. The average molecular weight is 278 g/mol. The molecule has 2 atom stereocenters. The summed E-state index contributed by atoms with van der Waals surface area (Å²) in [5.41, 5.74) is -0.344. The Balaban J connectivity index is 1.92. The Morgan fingerprint density at radius 3 is 2.84 bits per heavy atom. The van der Waals surface area contributed by atoms with Gasteiger partial charge in [0, 0.05) is 13.0 Å². The van der Waals surface area contributed by atoms with Crippen LogP contribution in [-0.4, -0.2) is 23.0 Å². The van der Waals surface area contributed by atoms with E-state index in [2.05, 4.69) is 5.92 Å². The van der Waals surface area contributed by atoms with Crippen LogP contribution in [0.2, 0.25) is 0 Å². The molecule has 1 amide bonds. The van der Waals surface area contributed by atoms with E-state index < -0.39 is 6.09 Å². The van der Waals surface area contributed by atoms with Crippen molar-refractivity contribution >= 4 is 17.7 Å². The number of piperidine rings is 1. The molecule has 1 aliphatic rings. The van der Waals surface area contributed by atoms with E-state index in [0.29, 0.717) is 24.6 Å². The highest BCUT2D eigenvalue weighted by Crippen LogP contribution is 2.28. The van der Waals surface area contributed by atoms with Crippen LogP contribution in [0.3, 0.4) is 0 Å². The molecule has 2 rings (SSSR count). The van der Waals surface area contributed by atoms with Gasteiger partial charge < -0.3 is 4.74 Å². The standard InChI is InChI=1S/C15H16ClNO2/c1-2-6-12-9-10-17(14(16)11-12)15(18)19-13-7-4-3-5-8-13/h1,3-5,7-8,12,14H,6,9-11H2. The molecule has 0 saturated carbocycles. The second kappa shape index (κ2) is 6.49. The number of likely N-dealkylation sites (tertiary alicyclic amines) is 1. The second-order valence-corrected chi connectivity index (χ2v) is 5.11. The number of alkyl halides is 1. The molecule has 3 nitrogen and oxygen atoms in total. The van der Waals surface area contributed by atoms with Gasteiger partial charge in [-0.1, -0.05) is 29.8 Å². The fourth-order valence-corrected chi connectivity index (χ4v) is 2.62. The maximum Gasteiger partial charge on any atom is 0.416 e. The van der Waals surface area contributed by atoms with Gasteiger partial charge in [-0.25, -0.2) is 4.79 Å². The van der Waals surface area contributed by atoms with E-state index in [1.807, 2.05) is 18.2 Å². The molecule has 1 aromatic rings. The topological polar surface area (TPSA) is 29.5 Å². The predicted molar refractivity (Wildman–Crippen MR) is 75.0 cm³/mol. The summed E-state index contributed by atoms with van der Waals surface area (Å²) in [7, 11) is 0. The van der Waals surface area contributed by atoms with E-state index in [1.54, 1.807) is 17.0 Å². The number of benzene rings is 1. The van der Waals surface area contributed by atoms with Crippen LogP contribution in [-0.2, 0) is 0 Å². The zero-order valence-electron chi connectivity index (χ0n) is 10.6. The van der Waals surface area contributed by atoms with Gasteiger partial charge in [0.05, 0.1) is 0 Å². The molecule has 1 saturated heterocycles. The fourth-order valence-electron chi connectivity index (χ4n) is 2.19. The molecule has 0 spiro atoms. The number of carbonyl (C=O) groups is 1. The molecule has 0 aliphatic carbocycles. The number of halogens is 1. The smallest absolute Gasteiger partial charge is 0.410 e. The average Bonchev–Trinajstić information content (AvgIpc) is 2.40. The summed E-state index contributed by atoms with van der Waals surface area (Å²) in [4.78, 5) is 13.6. The van der Waals surface area contributed by atoms with Crippen molar-refractivity contribution in [2.75, 3.05) is 6.54 Å². The zero-order valence-corrected chi connectivity index (χ0v) is 11.3. The van der Waals surface area contributed by atoms with Gasteiger partial charge in [0.2, 0.25) is 0 Å². The first-order valence-corrected chi connectivity index (χ1v) is 6.75. The summed E-state index contributed by atoms with van der Waals surface area (Å²) < 4.78 is 5.28. The van der Waals surface area contributed by atoms with Gasteiger partial charge in [0.15, 0.2) is 0 Å². The van der Waals surface area contributed by atoms with Crippen LogP contribution >= 0.6 is 11.6 Å². The summed E-state index contributed by atoms with van der Waals surface area (Å²) >= 11 is 6.23. The van der Waals surface area contributed by atoms with E-state index in [9.17, 15) is 4.79 Å². The Bertz CT molecular complexity index is 469. The highest BCUT2D eigenvalue weighted by atomic mass is 35.5. The molecule has 1 aromatic carbocycles. The van der Waals surface area contributed by atoms with Crippen LogP contribution in [0.5, 0.6) is 5.75 Å². The third-order valence-electron chi connectivity index (χ3n) is 3.23. The largest absolute Gasteiger partial charge is 0.416 e. The Labute approximate surface area is 118 Å². The number of nitrogens with zero attached hydrogens (tertiary/aromatic N) is 1. The van der Waals surface area contributed by atoms with Crippen LogP contribution in [0.25, 0.3) is 0 Å². The van der Waals surface area contributed by atoms with Crippen LogP contribution < -0.4 is 4.74 Å². The highest BCUT2D eigenvalue weighted by molar-refractivity contribution is 6.21. The van der Waals surface area contributed by atoms with Crippen molar-refractivity contribution in [2.45, 2.75) is 24.8 Å². The molecule has 4 heteroatoms. The number of terminal acetylenes is 1. The quantitative estimate of drug-likeness (QED) is 0.470. The Morgan fingerprint density at radius 2 is 2.21 bits per heavy atom. The van der Waals surface area contributed by atoms with Crippen molar-refractivity contribution in [3.8, 4) is 18.1 Å². The number of para-hydroxylation sites is 1. The summed E-state index contributed by atoms with van der Waals surface area (Å²) in [6.07, 6.45) is 7.21. The number of rotatable bonds is 2. The van der Waals surface area contributed by atoms with Gasteiger partial charge in [-0.05, 0) is 30.9 Å². The van der Waals surface area contributed by atoms with Gasteiger partial charge in [0.25, 0.3) is 0 Å². The maximum absolute atomic E-state index is 12.0. The molecular weight excluding hydrogens is 262 g/mol. The molecule has 0 N–H and O–H groups in total. The van der Waals surface area contributed by atoms with Crippen LogP contribution in [0.1, 0.15) is 19.3 Å². The van der Waals surface area contributed by atoms with Gasteiger partial charge in [0.1, 0.15) is 11.3 Å². The summed E-state index contributed by atoms with van der Waals surface area (Å²) in [5.74, 6) is 3.57. The van der Waals surface area contributed by atoms with Crippen LogP contribution in [0.4, 0.5) is 4.79 Å². The molecule has 0 radical (unpaired) electrons. The molecule has 1 aliphatic heterocycles. The normalized spacial score (nSPS) is 22.6. The molecule has 2 unspecified atom stereocenters. The first kappa shape index (κ1) is 13.8. The molecule has 0 bridgehead atoms. The minimum Gasteiger partial charge on any atom is -0.410 e. The van der Waals surface area contributed by atoms with E-state index in [-0.39, 0.29) is 5.50 Å². The van der Waals surface area contributed by atoms with Gasteiger partial charge in [-0.3, -0.25) is 4.90 Å². The number of ether oxygens (including phenoxy) is 1. The van der Waals surface area contributed by atoms with Crippen LogP contribution in [0.15, 0.2) is 30.3 Å². The van der Waals surface area contributed by atoms with Crippen molar-refractivity contribution in [3.63, 3.8) is 0 Å². The molecule has 1 heterocycles. The van der Waals surface area contributed by atoms with Gasteiger partial charge >= 0.3 is 6.09 Å². The maximum atomic E-state index is 12.0. The zero-order chi connectivity index (χ0) is 13.7. The monoisotopic (exact) mass is 277 g/mol. The Hall–Kier alpha value is -1.66. The number of amides is 1. The Kier molecular flexibility index (Phi) is 4.70. The van der Waals surface area contributed by atoms with Crippen molar-refractivity contribution in [2.24, 2.45) is 5.92 Å². The van der Waals surface area contributed by atoms with Gasteiger partial charge in [-0.15, -0.1) is 12.3 Å². The first-order valence-electron chi connectivity index (χ1n) is 6.31.